The molecule has 0 aromatic heterocycles. The van der Waals surface area contributed by atoms with Crippen LogP contribution in [-0.2, 0) is 11.2 Å². The van der Waals surface area contributed by atoms with Crippen molar-refractivity contribution >= 4 is 23.0 Å². The molecule has 0 aliphatic carbocycles. The highest BCUT2D eigenvalue weighted by Crippen LogP contribution is 2.34. The lowest BCUT2D eigenvalue weighted by atomic mass is 10.0. The molecule has 0 bridgehead atoms. The van der Waals surface area contributed by atoms with Gasteiger partial charge in [0, 0.05) is 18.5 Å². The Morgan fingerprint density at radius 1 is 1.38 bits per heavy atom. The Morgan fingerprint density at radius 3 is 2.76 bits per heavy atom. The standard InChI is InChI=1S/C15H21N3O3/c1-3-5-11(4-2)16-13-8-10-6-7-15(19)17-12(10)9-14(13)18(20)21/h8-9,11,16H,3-7H2,1-2H3,(H,17,19). The van der Waals surface area contributed by atoms with Crippen LogP contribution in [0.4, 0.5) is 17.1 Å². The Balaban J connectivity index is 2.35. The number of carbonyl (C=O) groups is 1. The molecule has 0 radical (unpaired) electrons. The first-order valence-corrected chi connectivity index (χ1v) is 7.42. The zero-order valence-corrected chi connectivity index (χ0v) is 12.4. The van der Waals surface area contributed by atoms with E-state index in [4.69, 9.17) is 0 Å². The van der Waals surface area contributed by atoms with Crippen LogP contribution in [0.1, 0.15) is 45.1 Å². The van der Waals surface area contributed by atoms with Gasteiger partial charge < -0.3 is 10.6 Å². The van der Waals surface area contributed by atoms with Crippen LogP contribution in [0.25, 0.3) is 0 Å². The largest absolute Gasteiger partial charge is 0.377 e. The highest BCUT2D eigenvalue weighted by Gasteiger charge is 2.23. The molecule has 1 aliphatic heterocycles. The topological polar surface area (TPSA) is 84.3 Å². The maximum atomic E-state index is 11.4. The first-order chi connectivity index (χ1) is 10.0. The summed E-state index contributed by atoms with van der Waals surface area (Å²) in [6.07, 6.45) is 3.97. The minimum Gasteiger partial charge on any atom is -0.377 e. The van der Waals surface area contributed by atoms with Gasteiger partial charge in [-0.25, -0.2) is 0 Å². The first-order valence-electron chi connectivity index (χ1n) is 7.42. The molecule has 6 heteroatoms. The average Bonchev–Trinajstić information content (AvgIpc) is 2.46. The van der Waals surface area contributed by atoms with Crippen LogP contribution in [0.2, 0.25) is 0 Å². The Morgan fingerprint density at radius 2 is 2.14 bits per heavy atom. The van der Waals surface area contributed by atoms with Crippen molar-refractivity contribution in [3.8, 4) is 0 Å². The van der Waals surface area contributed by atoms with Gasteiger partial charge in [-0.1, -0.05) is 20.3 Å². The highest BCUT2D eigenvalue weighted by molar-refractivity contribution is 5.95. The van der Waals surface area contributed by atoms with E-state index in [9.17, 15) is 14.9 Å². The number of nitro benzene ring substituents is 1. The molecule has 0 spiro atoms. The second-order valence-electron chi connectivity index (χ2n) is 5.37. The van der Waals surface area contributed by atoms with Crippen LogP contribution in [0, 0.1) is 10.1 Å². The molecule has 1 atom stereocenters. The van der Waals surface area contributed by atoms with E-state index < -0.39 is 4.92 Å². The zero-order valence-electron chi connectivity index (χ0n) is 12.4. The number of nitrogens with zero attached hydrogens (tertiary/aromatic N) is 1. The number of amides is 1. The fraction of sp³-hybridized carbons (Fsp3) is 0.533. The van der Waals surface area contributed by atoms with Gasteiger partial charge in [-0.05, 0) is 30.9 Å². The Bertz CT molecular complexity index is 557. The van der Waals surface area contributed by atoms with Crippen molar-refractivity contribution in [1.29, 1.82) is 0 Å². The predicted molar refractivity (Wildman–Crippen MR) is 82.7 cm³/mol. The molecule has 1 heterocycles. The molecular formula is C15H21N3O3. The van der Waals surface area contributed by atoms with E-state index in [0.717, 1.165) is 24.8 Å². The molecule has 0 saturated heterocycles. The summed E-state index contributed by atoms with van der Waals surface area (Å²) in [6.45, 7) is 4.17. The molecular weight excluding hydrogens is 270 g/mol. The summed E-state index contributed by atoms with van der Waals surface area (Å²) in [5.41, 5.74) is 2.08. The Kier molecular flexibility index (Phi) is 4.77. The number of hydrogen-bond acceptors (Lipinski definition) is 4. The molecule has 2 rings (SSSR count). The number of rotatable bonds is 6. The summed E-state index contributed by atoms with van der Waals surface area (Å²) >= 11 is 0. The molecule has 21 heavy (non-hydrogen) atoms. The lowest BCUT2D eigenvalue weighted by Crippen LogP contribution is -2.22. The third-order valence-corrected chi connectivity index (χ3v) is 3.80. The Labute approximate surface area is 124 Å². The summed E-state index contributed by atoms with van der Waals surface area (Å²) in [5.74, 6) is -0.0880. The van der Waals surface area contributed by atoms with Crippen LogP contribution in [0.15, 0.2) is 12.1 Å². The fourth-order valence-corrected chi connectivity index (χ4v) is 2.63. The van der Waals surface area contributed by atoms with Crippen molar-refractivity contribution in [1.82, 2.24) is 0 Å². The van der Waals surface area contributed by atoms with Crippen molar-refractivity contribution in [2.45, 2.75) is 52.0 Å². The van der Waals surface area contributed by atoms with Gasteiger partial charge in [0.05, 0.1) is 10.6 Å². The number of carbonyl (C=O) groups excluding carboxylic acids is 1. The smallest absolute Gasteiger partial charge is 0.294 e. The average molecular weight is 291 g/mol. The van der Waals surface area contributed by atoms with Crippen LogP contribution in [-0.4, -0.2) is 16.9 Å². The van der Waals surface area contributed by atoms with Gasteiger partial charge in [-0.15, -0.1) is 0 Å². The van der Waals surface area contributed by atoms with E-state index in [1.807, 2.05) is 6.07 Å². The molecule has 0 saturated carbocycles. The number of nitro groups is 1. The molecule has 1 unspecified atom stereocenters. The summed E-state index contributed by atoms with van der Waals surface area (Å²) < 4.78 is 0. The number of aryl methyl sites for hydroxylation is 1. The monoisotopic (exact) mass is 291 g/mol. The highest BCUT2D eigenvalue weighted by atomic mass is 16.6. The van der Waals surface area contributed by atoms with Gasteiger partial charge in [0.1, 0.15) is 5.69 Å². The van der Waals surface area contributed by atoms with E-state index in [-0.39, 0.29) is 17.6 Å². The second kappa shape index (κ2) is 6.56. The van der Waals surface area contributed by atoms with E-state index in [1.54, 1.807) is 0 Å². The summed E-state index contributed by atoms with van der Waals surface area (Å²) in [4.78, 5) is 22.3. The van der Waals surface area contributed by atoms with Crippen molar-refractivity contribution in [3.63, 3.8) is 0 Å². The Hall–Kier alpha value is -2.11. The third-order valence-electron chi connectivity index (χ3n) is 3.80. The number of anilines is 2. The predicted octanol–water partition coefficient (Wildman–Crippen LogP) is 3.47. The molecule has 6 nitrogen and oxygen atoms in total. The van der Waals surface area contributed by atoms with E-state index in [0.29, 0.717) is 24.2 Å². The lowest BCUT2D eigenvalue weighted by Gasteiger charge is -2.21. The molecule has 114 valence electrons. The molecule has 2 N–H and O–H groups in total. The zero-order chi connectivity index (χ0) is 15.4. The van der Waals surface area contributed by atoms with Crippen LogP contribution in [0.5, 0.6) is 0 Å². The number of benzene rings is 1. The van der Waals surface area contributed by atoms with Gasteiger partial charge in [0.25, 0.3) is 5.69 Å². The maximum Gasteiger partial charge on any atom is 0.294 e. The van der Waals surface area contributed by atoms with E-state index in [2.05, 4.69) is 24.5 Å². The van der Waals surface area contributed by atoms with E-state index in [1.165, 1.54) is 6.07 Å². The van der Waals surface area contributed by atoms with Gasteiger partial charge in [0.2, 0.25) is 5.91 Å². The van der Waals surface area contributed by atoms with Crippen molar-refractivity contribution in [2.24, 2.45) is 0 Å². The van der Waals surface area contributed by atoms with Gasteiger partial charge in [-0.2, -0.15) is 0 Å². The fourth-order valence-electron chi connectivity index (χ4n) is 2.63. The third kappa shape index (κ3) is 3.51. The van der Waals surface area contributed by atoms with Crippen molar-refractivity contribution in [2.75, 3.05) is 10.6 Å². The second-order valence-corrected chi connectivity index (χ2v) is 5.37. The van der Waals surface area contributed by atoms with Crippen LogP contribution in [0.3, 0.4) is 0 Å². The maximum absolute atomic E-state index is 11.4. The van der Waals surface area contributed by atoms with Crippen LogP contribution < -0.4 is 10.6 Å². The van der Waals surface area contributed by atoms with Crippen LogP contribution >= 0.6 is 0 Å². The van der Waals surface area contributed by atoms with E-state index >= 15 is 0 Å². The normalized spacial score (nSPS) is 15.0. The van der Waals surface area contributed by atoms with Gasteiger partial charge in [-0.3, -0.25) is 14.9 Å². The summed E-state index contributed by atoms with van der Waals surface area (Å²) in [6, 6.07) is 3.50. The summed E-state index contributed by atoms with van der Waals surface area (Å²) in [7, 11) is 0. The molecule has 1 amide bonds. The van der Waals surface area contributed by atoms with Crippen molar-refractivity contribution in [3.05, 3.63) is 27.8 Å². The summed E-state index contributed by atoms with van der Waals surface area (Å²) in [5, 5.41) is 17.3. The lowest BCUT2D eigenvalue weighted by molar-refractivity contribution is -0.383. The van der Waals surface area contributed by atoms with Gasteiger partial charge >= 0.3 is 0 Å². The number of fused-ring (bicyclic) bond motifs is 1. The SMILES string of the molecule is CCCC(CC)Nc1cc2c(cc1[N+](=O)[O-])NC(=O)CC2. The van der Waals surface area contributed by atoms with Gasteiger partial charge in [0.15, 0.2) is 0 Å². The number of hydrogen-bond donors (Lipinski definition) is 2. The molecule has 1 aliphatic rings. The molecule has 1 aromatic carbocycles. The number of nitrogens with one attached hydrogen (secondary N) is 2. The van der Waals surface area contributed by atoms with Crippen molar-refractivity contribution < 1.29 is 9.72 Å². The first kappa shape index (κ1) is 15.3. The molecule has 1 aromatic rings. The quantitative estimate of drug-likeness (QED) is 0.621. The minimum atomic E-state index is -0.401. The molecule has 0 fully saturated rings. The minimum absolute atomic E-state index is 0.0190.